The monoisotopic (exact) mass is 437 g/mol. The molecule has 170 valence electrons. The molecule has 0 saturated carbocycles. The number of rotatable bonds is 8. The van der Waals surface area contributed by atoms with E-state index in [1.807, 2.05) is 24.3 Å². The molecule has 7 nitrogen and oxygen atoms in total. The van der Waals surface area contributed by atoms with Gasteiger partial charge < -0.3 is 19.0 Å². The van der Waals surface area contributed by atoms with E-state index in [0.29, 0.717) is 29.6 Å². The lowest BCUT2D eigenvalue weighted by molar-refractivity contribution is -0.138. The van der Waals surface area contributed by atoms with Crippen LogP contribution in [0.5, 0.6) is 5.75 Å². The highest BCUT2D eigenvalue weighted by Gasteiger charge is 2.42. The molecule has 0 bridgehead atoms. The van der Waals surface area contributed by atoms with Crippen LogP contribution >= 0.6 is 0 Å². The average Bonchev–Trinajstić information content (AvgIpc) is 3.40. The SMILES string of the molecule is CCN1CCN(C2=C(c3ccc(OCC(C)C)cc3)C(=O)N(Cc3ccco3)C2=O)CC1. The van der Waals surface area contributed by atoms with Crippen molar-refractivity contribution in [2.24, 2.45) is 5.92 Å². The normalized spacial score (nSPS) is 17.8. The number of ether oxygens (including phenoxy) is 1. The molecule has 7 heteroatoms. The quantitative estimate of drug-likeness (QED) is 0.591. The summed E-state index contributed by atoms with van der Waals surface area (Å²) < 4.78 is 11.2. The fourth-order valence-electron chi connectivity index (χ4n) is 4.09. The molecule has 0 radical (unpaired) electrons. The Labute approximate surface area is 189 Å². The summed E-state index contributed by atoms with van der Waals surface area (Å²) in [6, 6.07) is 11.0. The summed E-state index contributed by atoms with van der Waals surface area (Å²) in [7, 11) is 0. The van der Waals surface area contributed by atoms with Crippen molar-refractivity contribution in [2.75, 3.05) is 39.3 Å². The van der Waals surface area contributed by atoms with Gasteiger partial charge in [-0.25, -0.2) is 0 Å². The van der Waals surface area contributed by atoms with Gasteiger partial charge in [0.1, 0.15) is 17.2 Å². The molecule has 32 heavy (non-hydrogen) atoms. The minimum absolute atomic E-state index is 0.127. The first-order valence-electron chi connectivity index (χ1n) is 11.3. The zero-order chi connectivity index (χ0) is 22.7. The predicted octanol–water partition coefficient (Wildman–Crippen LogP) is 3.23. The second-order valence-electron chi connectivity index (χ2n) is 8.65. The Bertz CT molecular complexity index is 971. The van der Waals surface area contributed by atoms with Crippen LogP contribution in [0, 0.1) is 5.92 Å². The minimum atomic E-state index is -0.282. The number of furan rings is 1. The number of carbonyl (C=O) groups excluding carboxylic acids is 2. The van der Waals surface area contributed by atoms with Crippen LogP contribution in [0.1, 0.15) is 32.1 Å². The number of likely N-dealkylation sites (N-methyl/N-ethyl adjacent to an activating group) is 1. The van der Waals surface area contributed by atoms with Gasteiger partial charge in [-0.1, -0.05) is 32.9 Å². The smallest absolute Gasteiger partial charge is 0.278 e. The van der Waals surface area contributed by atoms with Gasteiger partial charge >= 0.3 is 0 Å². The molecule has 2 aliphatic heterocycles. The molecule has 0 unspecified atom stereocenters. The maximum absolute atomic E-state index is 13.5. The van der Waals surface area contributed by atoms with Crippen molar-refractivity contribution in [1.29, 1.82) is 0 Å². The third kappa shape index (κ3) is 4.58. The second-order valence-corrected chi connectivity index (χ2v) is 8.65. The number of hydrogen-bond acceptors (Lipinski definition) is 6. The van der Waals surface area contributed by atoms with E-state index in [2.05, 4.69) is 30.6 Å². The molecule has 2 aromatic rings. The van der Waals surface area contributed by atoms with Gasteiger partial charge in [0.2, 0.25) is 0 Å². The molecule has 0 atom stereocenters. The maximum atomic E-state index is 13.5. The summed E-state index contributed by atoms with van der Waals surface area (Å²) in [5, 5.41) is 0. The molecule has 1 aromatic heterocycles. The van der Waals surface area contributed by atoms with Crippen molar-refractivity contribution in [3.05, 3.63) is 59.7 Å². The highest BCUT2D eigenvalue weighted by Crippen LogP contribution is 2.34. The van der Waals surface area contributed by atoms with E-state index >= 15 is 0 Å². The molecule has 2 amide bonds. The van der Waals surface area contributed by atoms with Crippen molar-refractivity contribution in [2.45, 2.75) is 27.3 Å². The number of imide groups is 1. The second kappa shape index (κ2) is 9.61. The van der Waals surface area contributed by atoms with Crippen LogP contribution in [0.2, 0.25) is 0 Å². The number of benzene rings is 1. The van der Waals surface area contributed by atoms with Crippen LogP contribution in [0.3, 0.4) is 0 Å². The summed E-state index contributed by atoms with van der Waals surface area (Å²) in [5.41, 5.74) is 1.69. The molecule has 4 rings (SSSR count). The zero-order valence-electron chi connectivity index (χ0n) is 19.0. The predicted molar refractivity (Wildman–Crippen MR) is 122 cm³/mol. The molecular weight excluding hydrogens is 406 g/mol. The topological polar surface area (TPSA) is 66.2 Å². The standard InChI is InChI=1S/C25H31N3O4/c1-4-26-11-13-27(14-12-26)23-22(19-7-9-20(10-8-19)32-17-18(2)3)24(29)28(25(23)30)16-21-6-5-15-31-21/h5-10,15,18H,4,11-14,16-17H2,1-3H3. The van der Waals surface area contributed by atoms with E-state index in [9.17, 15) is 9.59 Å². The van der Waals surface area contributed by atoms with Crippen LogP contribution in [-0.2, 0) is 16.1 Å². The Morgan fingerprint density at radius 1 is 1.00 bits per heavy atom. The summed E-state index contributed by atoms with van der Waals surface area (Å²) in [5.74, 6) is 1.22. The van der Waals surface area contributed by atoms with E-state index in [1.54, 1.807) is 18.4 Å². The molecule has 1 aromatic carbocycles. The Balaban J connectivity index is 1.64. The summed E-state index contributed by atoms with van der Waals surface area (Å²) >= 11 is 0. The molecule has 2 aliphatic rings. The van der Waals surface area contributed by atoms with E-state index in [4.69, 9.17) is 9.15 Å². The summed E-state index contributed by atoms with van der Waals surface area (Å²) in [4.78, 5) is 32.6. The first kappa shape index (κ1) is 22.1. The van der Waals surface area contributed by atoms with Gasteiger partial charge in [0.15, 0.2) is 0 Å². The molecule has 3 heterocycles. The van der Waals surface area contributed by atoms with Crippen molar-refractivity contribution in [1.82, 2.24) is 14.7 Å². The van der Waals surface area contributed by atoms with Gasteiger partial charge in [0.05, 0.1) is 25.0 Å². The van der Waals surface area contributed by atoms with E-state index in [1.165, 1.54) is 4.90 Å². The van der Waals surface area contributed by atoms with E-state index in [-0.39, 0.29) is 18.4 Å². The summed E-state index contributed by atoms with van der Waals surface area (Å²) in [6.45, 7) is 11.2. The first-order chi connectivity index (χ1) is 15.5. The van der Waals surface area contributed by atoms with Crippen molar-refractivity contribution < 1.29 is 18.7 Å². The summed E-state index contributed by atoms with van der Waals surface area (Å²) in [6.07, 6.45) is 1.55. The van der Waals surface area contributed by atoms with Crippen LogP contribution in [0.4, 0.5) is 0 Å². The van der Waals surface area contributed by atoms with Crippen LogP contribution in [0.25, 0.3) is 5.57 Å². The fraction of sp³-hybridized carbons (Fsp3) is 0.440. The lowest BCUT2D eigenvalue weighted by Crippen LogP contribution is -2.47. The van der Waals surface area contributed by atoms with Crippen LogP contribution < -0.4 is 4.74 Å². The van der Waals surface area contributed by atoms with Gasteiger partial charge in [0.25, 0.3) is 11.8 Å². The van der Waals surface area contributed by atoms with Gasteiger partial charge in [-0.3, -0.25) is 14.5 Å². The first-order valence-corrected chi connectivity index (χ1v) is 11.3. The molecular formula is C25H31N3O4. The van der Waals surface area contributed by atoms with Crippen LogP contribution in [-0.4, -0.2) is 65.8 Å². The lowest BCUT2D eigenvalue weighted by Gasteiger charge is -2.35. The maximum Gasteiger partial charge on any atom is 0.278 e. The van der Waals surface area contributed by atoms with Crippen molar-refractivity contribution in [3.63, 3.8) is 0 Å². The Hall–Kier alpha value is -3.06. The highest BCUT2D eigenvalue weighted by atomic mass is 16.5. The molecule has 0 N–H and O–H groups in total. The van der Waals surface area contributed by atoms with E-state index in [0.717, 1.165) is 44.0 Å². The molecule has 0 spiro atoms. The van der Waals surface area contributed by atoms with Crippen LogP contribution in [0.15, 0.2) is 52.8 Å². The van der Waals surface area contributed by atoms with Gasteiger partial charge in [-0.2, -0.15) is 0 Å². The van der Waals surface area contributed by atoms with Gasteiger partial charge in [-0.15, -0.1) is 0 Å². The van der Waals surface area contributed by atoms with Crippen molar-refractivity contribution >= 4 is 17.4 Å². The number of carbonyl (C=O) groups is 2. The zero-order valence-corrected chi connectivity index (χ0v) is 19.0. The Morgan fingerprint density at radius 3 is 2.31 bits per heavy atom. The number of hydrogen-bond donors (Lipinski definition) is 0. The molecule has 1 fully saturated rings. The Kier molecular flexibility index (Phi) is 6.65. The Morgan fingerprint density at radius 2 is 1.72 bits per heavy atom. The number of nitrogens with zero attached hydrogens (tertiary/aromatic N) is 3. The molecule has 1 saturated heterocycles. The van der Waals surface area contributed by atoms with E-state index < -0.39 is 0 Å². The number of piperazine rings is 1. The molecule has 0 aliphatic carbocycles. The highest BCUT2D eigenvalue weighted by molar-refractivity contribution is 6.35. The third-order valence-corrected chi connectivity index (χ3v) is 5.90. The fourth-order valence-corrected chi connectivity index (χ4v) is 4.09. The number of amides is 2. The van der Waals surface area contributed by atoms with Gasteiger partial charge in [-0.05, 0) is 42.3 Å². The largest absolute Gasteiger partial charge is 0.493 e. The minimum Gasteiger partial charge on any atom is -0.493 e. The average molecular weight is 438 g/mol. The van der Waals surface area contributed by atoms with Crippen molar-refractivity contribution in [3.8, 4) is 5.75 Å². The van der Waals surface area contributed by atoms with Gasteiger partial charge in [0, 0.05) is 26.2 Å². The lowest BCUT2D eigenvalue weighted by atomic mass is 10.0. The third-order valence-electron chi connectivity index (χ3n) is 5.90.